The van der Waals surface area contributed by atoms with Crippen LogP contribution in [0, 0.1) is 0 Å². The number of nitrogens with one attached hydrogen (secondary N) is 2. The number of furan rings is 1. The summed E-state index contributed by atoms with van der Waals surface area (Å²) in [6.07, 6.45) is -1.30. The van der Waals surface area contributed by atoms with Gasteiger partial charge < -0.3 is 14.5 Å². The zero-order chi connectivity index (χ0) is 18.5. The molecule has 2 N–H and O–H groups in total. The van der Waals surface area contributed by atoms with Crippen LogP contribution < -0.4 is 10.6 Å². The predicted molar refractivity (Wildman–Crippen MR) is 93.4 cm³/mol. The number of carbonyl (C=O) groups excluding carboxylic acids is 3. The van der Waals surface area contributed by atoms with Gasteiger partial charge in [0.05, 0.1) is 0 Å². The number of fused-ring (bicyclic) bond motifs is 1. The first-order valence-corrected chi connectivity index (χ1v) is 7.85. The van der Waals surface area contributed by atoms with Gasteiger partial charge in [-0.05, 0) is 12.1 Å². The second-order valence-corrected chi connectivity index (χ2v) is 5.41. The number of ether oxygens (including phenoxy) is 1. The summed E-state index contributed by atoms with van der Waals surface area (Å²) in [6, 6.07) is 16.4. The highest BCUT2D eigenvalue weighted by molar-refractivity contribution is 5.99. The fourth-order valence-electron chi connectivity index (χ4n) is 2.39. The van der Waals surface area contributed by atoms with Crippen molar-refractivity contribution in [3.8, 4) is 0 Å². The molecule has 0 unspecified atom stereocenters. The van der Waals surface area contributed by atoms with Crippen LogP contribution in [0.5, 0.6) is 0 Å². The van der Waals surface area contributed by atoms with Crippen LogP contribution in [-0.4, -0.2) is 25.0 Å². The van der Waals surface area contributed by atoms with E-state index in [4.69, 9.17) is 9.15 Å². The first-order valence-electron chi connectivity index (χ1n) is 7.85. The third kappa shape index (κ3) is 3.72. The summed E-state index contributed by atoms with van der Waals surface area (Å²) in [5, 5.41) is 5.13. The Morgan fingerprint density at radius 1 is 1.00 bits per heavy atom. The molecule has 0 aliphatic rings. The van der Waals surface area contributed by atoms with Crippen molar-refractivity contribution in [2.45, 2.75) is 6.10 Å². The zero-order valence-corrected chi connectivity index (χ0v) is 13.9. The van der Waals surface area contributed by atoms with Crippen LogP contribution in [-0.2, 0) is 9.53 Å². The van der Waals surface area contributed by atoms with E-state index >= 15 is 0 Å². The molecule has 3 amide bonds. The minimum atomic E-state index is -1.30. The molecule has 0 bridgehead atoms. The molecule has 3 rings (SSSR count). The molecular weight excluding hydrogens is 336 g/mol. The number of amides is 3. The van der Waals surface area contributed by atoms with Crippen LogP contribution in [0.25, 0.3) is 11.0 Å². The minimum absolute atomic E-state index is 0.0279. The number of hydrogen-bond donors (Lipinski definition) is 2. The molecule has 3 aromatic rings. The van der Waals surface area contributed by atoms with Crippen LogP contribution in [0.2, 0.25) is 0 Å². The van der Waals surface area contributed by atoms with Gasteiger partial charge in [-0.3, -0.25) is 10.1 Å². The molecule has 0 saturated heterocycles. The third-order valence-electron chi connectivity index (χ3n) is 3.66. The molecule has 7 heteroatoms. The molecule has 1 atom stereocenters. The van der Waals surface area contributed by atoms with Gasteiger partial charge >= 0.3 is 12.0 Å². The van der Waals surface area contributed by atoms with Gasteiger partial charge in [0.2, 0.25) is 11.9 Å². The van der Waals surface area contributed by atoms with Gasteiger partial charge in [0.15, 0.2) is 0 Å². The number of imide groups is 1. The lowest BCUT2D eigenvalue weighted by atomic mass is 10.1. The highest BCUT2D eigenvalue weighted by Gasteiger charge is 2.28. The Balaban J connectivity index is 1.85. The first-order chi connectivity index (χ1) is 12.6. The quantitative estimate of drug-likeness (QED) is 0.704. The molecule has 0 fully saturated rings. The molecule has 0 spiro atoms. The number of hydrogen-bond acceptors (Lipinski definition) is 5. The van der Waals surface area contributed by atoms with E-state index in [1.807, 2.05) is 6.07 Å². The summed E-state index contributed by atoms with van der Waals surface area (Å²) in [7, 11) is 1.38. The lowest BCUT2D eigenvalue weighted by Gasteiger charge is -2.16. The van der Waals surface area contributed by atoms with Crippen LogP contribution in [0.4, 0.5) is 4.79 Å². The SMILES string of the molecule is CNC(=O)NC(=O)[C@@H](OC(=O)c1cc2ccccc2o1)c1ccccc1. The zero-order valence-electron chi connectivity index (χ0n) is 13.9. The Bertz CT molecular complexity index is 916. The number of carbonyl (C=O) groups is 3. The van der Waals surface area contributed by atoms with Gasteiger partial charge in [0.25, 0.3) is 5.91 Å². The van der Waals surface area contributed by atoms with Gasteiger partial charge in [-0.1, -0.05) is 48.5 Å². The fraction of sp³-hybridized carbons (Fsp3) is 0.105. The first kappa shape index (κ1) is 17.2. The second-order valence-electron chi connectivity index (χ2n) is 5.41. The predicted octanol–water partition coefficient (Wildman–Crippen LogP) is 2.79. The molecule has 2 aromatic carbocycles. The number of rotatable bonds is 4. The van der Waals surface area contributed by atoms with Crippen molar-refractivity contribution in [1.29, 1.82) is 0 Å². The molecule has 0 radical (unpaired) electrons. The van der Waals surface area contributed by atoms with E-state index in [0.29, 0.717) is 11.1 Å². The minimum Gasteiger partial charge on any atom is -0.449 e. The topological polar surface area (TPSA) is 97.6 Å². The highest BCUT2D eigenvalue weighted by atomic mass is 16.6. The molecule has 0 aliphatic heterocycles. The van der Waals surface area contributed by atoms with Crippen LogP contribution in [0.3, 0.4) is 0 Å². The van der Waals surface area contributed by atoms with E-state index in [2.05, 4.69) is 10.6 Å². The van der Waals surface area contributed by atoms with E-state index in [0.717, 1.165) is 5.39 Å². The lowest BCUT2D eigenvalue weighted by molar-refractivity contribution is -0.129. The molecule has 0 saturated carbocycles. The fourth-order valence-corrected chi connectivity index (χ4v) is 2.39. The van der Waals surface area contributed by atoms with E-state index in [1.54, 1.807) is 48.5 Å². The van der Waals surface area contributed by atoms with Gasteiger partial charge in [-0.2, -0.15) is 0 Å². The van der Waals surface area contributed by atoms with Crippen LogP contribution in [0.1, 0.15) is 22.2 Å². The van der Waals surface area contributed by atoms with Crippen LogP contribution >= 0.6 is 0 Å². The number of esters is 1. The molecule has 132 valence electrons. The summed E-state index contributed by atoms with van der Waals surface area (Å²) in [5.41, 5.74) is 0.962. The summed E-state index contributed by atoms with van der Waals surface area (Å²) < 4.78 is 10.8. The average Bonchev–Trinajstić information content (AvgIpc) is 3.10. The summed E-state index contributed by atoms with van der Waals surface area (Å²) in [4.78, 5) is 36.3. The number of benzene rings is 2. The van der Waals surface area contributed by atoms with Crippen molar-refractivity contribution in [3.63, 3.8) is 0 Å². The largest absolute Gasteiger partial charge is 0.449 e. The molecular formula is C19H16N2O5. The van der Waals surface area contributed by atoms with Gasteiger partial charge in [0, 0.05) is 18.0 Å². The Hall–Kier alpha value is -3.61. The highest BCUT2D eigenvalue weighted by Crippen LogP contribution is 2.23. The smallest absolute Gasteiger partial charge is 0.375 e. The normalized spacial score (nSPS) is 11.6. The maximum atomic E-state index is 12.5. The maximum absolute atomic E-state index is 12.5. The van der Waals surface area contributed by atoms with Gasteiger partial charge in [-0.25, -0.2) is 9.59 Å². The monoisotopic (exact) mass is 352 g/mol. The molecule has 0 aliphatic carbocycles. The van der Waals surface area contributed by atoms with Crippen molar-refractivity contribution in [3.05, 3.63) is 72.0 Å². The maximum Gasteiger partial charge on any atom is 0.375 e. The number of urea groups is 1. The van der Waals surface area contributed by atoms with Crippen molar-refractivity contribution >= 4 is 28.9 Å². The van der Waals surface area contributed by atoms with Crippen LogP contribution in [0.15, 0.2) is 65.1 Å². The van der Waals surface area contributed by atoms with E-state index in [1.165, 1.54) is 13.1 Å². The molecule has 26 heavy (non-hydrogen) atoms. The van der Waals surface area contributed by atoms with E-state index in [-0.39, 0.29) is 5.76 Å². The third-order valence-corrected chi connectivity index (χ3v) is 3.66. The Morgan fingerprint density at radius 3 is 2.38 bits per heavy atom. The van der Waals surface area contributed by atoms with Gasteiger partial charge in [-0.15, -0.1) is 0 Å². The summed E-state index contributed by atoms with van der Waals surface area (Å²) in [6.45, 7) is 0. The molecule has 7 nitrogen and oxygen atoms in total. The summed E-state index contributed by atoms with van der Waals surface area (Å²) in [5.74, 6) is -1.60. The molecule has 1 heterocycles. The Morgan fingerprint density at radius 2 is 1.69 bits per heavy atom. The van der Waals surface area contributed by atoms with E-state index in [9.17, 15) is 14.4 Å². The van der Waals surface area contributed by atoms with Crippen molar-refractivity contribution in [2.75, 3.05) is 7.05 Å². The molecule has 1 aromatic heterocycles. The second kappa shape index (κ2) is 7.52. The Labute approximate surface area is 148 Å². The van der Waals surface area contributed by atoms with Gasteiger partial charge in [0.1, 0.15) is 5.58 Å². The number of para-hydroxylation sites is 1. The van der Waals surface area contributed by atoms with Crippen molar-refractivity contribution < 1.29 is 23.5 Å². The standard InChI is InChI=1S/C19H16N2O5/c1-20-19(24)21-17(22)16(12-7-3-2-4-8-12)26-18(23)15-11-13-9-5-6-10-14(13)25-15/h2-11,16H,1H3,(H2,20,21,22,24)/t16-/m0/s1. The van der Waals surface area contributed by atoms with Crippen molar-refractivity contribution in [1.82, 2.24) is 10.6 Å². The average molecular weight is 352 g/mol. The lowest BCUT2D eigenvalue weighted by Crippen LogP contribution is -2.41. The summed E-state index contributed by atoms with van der Waals surface area (Å²) >= 11 is 0. The van der Waals surface area contributed by atoms with E-state index < -0.39 is 24.0 Å². The van der Waals surface area contributed by atoms with Crippen molar-refractivity contribution in [2.24, 2.45) is 0 Å². The Kier molecular flexibility index (Phi) is 4.98.